The average molecular weight is 383 g/mol. The molecule has 6 nitrogen and oxygen atoms in total. The lowest BCUT2D eigenvalue weighted by Gasteiger charge is -2.34. The first-order valence-electron chi connectivity index (χ1n) is 7.13. The highest BCUT2D eigenvalue weighted by atomic mass is 35.5. The molecular weight excluding hydrogens is 360 g/mol. The van der Waals surface area contributed by atoms with Crippen LogP contribution in [-0.4, -0.2) is 42.7 Å². The predicted molar refractivity (Wildman–Crippen MR) is 92.2 cm³/mol. The largest absolute Gasteiger partial charge is 0.316 e. The zero-order valence-electron chi connectivity index (χ0n) is 13.2. The Hall–Kier alpha value is -0.670. The standard InChI is InChI=1S/C14H22N2O4S2.ClH/c1-14(8-3-9-15-10-14)11-16-22(19,20)13-6-4-12(5-7-13)21(2,17)18;/h4-7,15-16H,3,8-11H2,1-2H3;1H. The van der Waals surface area contributed by atoms with Crippen molar-refractivity contribution < 1.29 is 16.8 Å². The highest BCUT2D eigenvalue weighted by molar-refractivity contribution is 7.90. The topological polar surface area (TPSA) is 92.3 Å². The van der Waals surface area contributed by atoms with Crippen molar-refractivity contribution in [2.24, 2.45) is 5.41 Å². The quantitative estimate of drug-likeness (QED) is 0.797. The van der Waals surface area contributed by atoms with Crippen LogP contribution in [0.2, 0.25) is 0 Å². The molecule has 0 aliphatic carbocycles. The van der Waals surface area contributed by atoms with Gasteiger partial charge in [0.2, 0.25) is 10.0 Å². The van der Waals surface area contributed by atoms with Gasteiger partial charge in [0.25, 0.3) is 0 Å². The summed E-state index contributed by atoms with van der Waals surface area (Å²) < 4.78 is 50.0. The molecule has 1 heterocycles. The van der Waals surface area contributed by atoms with Crippen molar-refractivity contribution in [1.29, 1.82) is 0 Å². The van der Waals surface area contributed by atoms with Crippen LogP contribution in [0.15, 0.2) is 34.1 Å². The van der Waals surface area contributed by atoms with E-state index < -0.39 is 19.9 Å². The number of hydrogen-bond acceptors (Lipinski definition) is 5. The van der Waals surface area contributed by atoms with Crippen molar-refractivity contribution in [3.63, 3.8) is 0 Å². The van der Waals surface area contributed by atoms with E-state index in [-0.39, 0.29) is 27.6 Å². The van der Waals surface area contributed by atoms with E-state index in [4.69, 9.17) is 0 Å². The van der Waals surface area contributed by atoms with Crippen molar-refractivity contribution in [2.75, 3.05) is 25.9 Å². The number of sulfonamides is 1. The Morgan fingerprint density at radius 3 is 2.17 bits per heavy atom. The smallest absolute Gasteiger partial charge is 0.240 e. The third kappa shape index (κ3) is 5.42. The molecule has 0 amide bonds. The van der Waals surface area contributed by atoms with Crippen LogP contribution in [0, 0.1) is 5.41 Å². The van der Waals surface area contributed by atoms with E-state index in [1.807, 2.05) is 0 Å². The Labute approximate surface area is 144 Å². The molecule has 0 saturated carbocycles. The van der Waals surface area contributed by atoms with Gasteiger partial charge >= 0.3 is 0 Å². The van der Waals surface area contributed by atoms with Crippen molar-refractivity contribution in [1.82, 2.24) is 10.0 Å². The van der Waals surface area contributed by atoms with E-state index in [9.17, 15) is 16.8 Å². The molecule has 1 aromatic rings. The van der Waals surface area contributed by atoms with Gasteiger partial charge in [-0.15, -0.1) is 12.4 Å². The second kappa shape index (κ2) is 7.48. The van der Waals surface area contributed by atoms with Gasteiger partial charge in [0, 0.05) is 19.3 Å². The lowest BCUT2D eigenvalue weighted by Crippen LogP contribution is -2.45. The number of hydrogen-bond donors (Lipinski definition) is 2. The minimum Gasteiger partial charge on any atom is -0.316 e. The van der Waals surface area contributed by atoms with Gasteiger partial charge in [0.15, 0.2) is 9.84 Å². The summed E-state index contributed by atoms with van der Waals surface area (Å²) >= 11 is 0. The number of sulfone groups is 1. The maximum Gasteiger partial charge on any atom is 0.240 e. The zero-order chi connectivity index (χ0) is 16.4. The third-order valence-electron chi connectivity index (χ3n) is 3.94. The molecule has 1 atom stereocenters. The van der Waals surface area contributed by atoms with Crippen molar-refractivity contribution in [2.45, 2.75) is 29.6 Å². The molecule has 2 rings (SSSR count). The van der Waals surface area contributed by atoms with Crippen molar-refractivity contribution in [3.05, 3.63) is 24.3 Å². The van der Waals surface area contributed by atoms with Gasteiger partial charge in [0.1, 0.15) is 0 Å². The van der Waals surface area contributed by atoms with Crippen LogP contribution in [0.1, 0.15) is 19.8 Å². The van der Waals surface area contributed by atoms with Crippen molar-refractivity contribution >= 4 is 32.3 Å². The molecule has 1 aliphatic heterocycles. The maximum atomic E-state index is 12.3. The van der Waals surface area contributed by atoms with Crippen LogP contribution in [0.3, 0.4) is 0 Å². The fourth-order valence-electron chi connectivity index (χ4n) is 2.49. The molecular formula is C14H23ClN2O4S2. The van der Waals surface area contributed by atoms with Gasteiger partial charge in [-0.25, -0.2) is 21.6 Å². The summed E-state index contributed by atoms with van der Waals surface area (Å²) in [4.78, 5) is 0.183. The monoisotopic (exact) mass is 382 g/mol. The molecule has 0 spiro atoms. The van der Waals surface area contributed by atoms with Gasteiger partial charge < -0.3 is 5.32 Å². The Kier molecular flexibility index (Phi) is 6.63. The van der Waals surface area contributed by atoms with E-state index in [0.717, 1.165) is 32.2 Å². The van der Waals surface area contributed by atoms with E-state index in [0.29, 0.717) is 6.54 Å². The normalized spacial score (nSPS) is 22.3. The van der Waals surface area contributed by atoms with E-state index >= 15 is 0 Å². The Morgan fingerprint density at radius 1 is 1.13 bits per heavy atom. The minimum absolute atomic E-state index is 0. The molecule has 1 aromatic carbocycles. The maximum absolute atomic E-state index is 12.3. The molecule has 0 radical (unpaired) electrons. The number of halogens is 1. The van der Waals surface area contributed by atoms with Gasteiger partial charge in [-0.2, -0.15) is 0 Å². The third-order valence-corrected chi connectivity index (χ3v) is 6.48. The summed E-state index contributed by atoms with van der Waals surface area (Å²) in [6.07, 6.45) is 3.09. The number of piperidine rings is 1. The minimum atomic E-state index is -3.63. The highest BCUT2D eigenvalue weighted by Crippen LogP contribution is 2.25. The Bertz CT molecular complexity index is 725. The van der Waals surface area contributed by atoms with E-state index in [1.54, 1.807) is 0 Å². The number of rotatable bonds is 5. The molecule has 132 valence electrons. The fourth-order valence-corrected chi connectivity index (χ4v) is 4.32. The summed E-state index contributed by atoms with van der Waals surface area (Å²) in [5, 5.41) is 3.27. The molecule has 1 aliphatic rings. The first kappa shape index (κ1) is 20.4. The second-order valence-electron chi connectivity index (χ2n) is 6.16. The lowest BCUT2D eigenvalue weighted by atomic mass is 9.83. The number of nitrogens with one attached hydrogen (secondary N) is 2. The van der Waals surface area contributed by atoms with Crippen LogP contribution >= 0.6 is 12.4 Å². The molecule has 1 unspecified atom stereocenters. The summed E-state index contributed by atoms with van der Waals surface area (Å²) in [6, 6.07) is 5.27. The fraction of sp³-hybridized carbons (Fsp3) is 0.571. The first-order valence-corrected chi connectivity index (χ1v) is 10.5. The number of benzene rings is 1. The second-order valence-corrected chi connectivity index (χ2v) is 9.94. The molecule has 1 saturated heterocycles. The van der Waals surface area contributed by atoms with Crippen LogP contribution < -0.4 is 10.0 Å². The highest BCUT2D eigenvalue weighted by Gasteiger charge is 2.28. The molecule has 0 bridgehead atoms. The molecule has 2 N–H and O–H groups in total. The lowest BCUT2D eigenvalue weighted by molar-refractivity contribution is 0.238. The van der Waals surface area contributed by atoms with Crippen molar-refractivity contribution in [3.8, 4) is 0 Å². The summed E-state index contributed by atoms with van der Waals surface area (Å²) in [6.45, 7) is 4.16. The van der Waals surface area contributed by atoms with Crippen LogP contribution in [0.4, 0.5) is 0 Å². The summed E-state index contributed by atoms with van der Waals surface area (Å²) in [7, 11) is -6.96. The Balaban J connectivity index is 0.00000264. The van der Waals surface area contributed by atoms with Gasteiger partial charge in [0.05, 0.1) is 9.79 Å². The predicted octanol–water partition coefficient (Wildman–Crippen LogP) is 1.18. The van der Waals surface area contributed by atoms with E-state index in [1.165, 1.54) is 24.3 Å². The first-order chi connectivity index (χ1) is 10.1. The van der Waals surface area contributed by atoms with E-state index in [2.05, 4.69) is 17.0 Å². The van der Waals surface area contributed by atoms with Gasteiger partial charge in [-0.05, 0) is 49.1 Å². The van der Waals surface area contributed by atoms with Crippen LogP contribution in [0.5, 0.6) is 0 Å². The summed E-state index contributed by atoms with van der Waals surface area (Å²) in [5.41, 5.74) is -0.0992. The zero-order valence-corrected chi connectivity index (χ0v) is 15.7. The average Bonchev–Trinajstić information content (AvgIpc) is 2.46. The SMILES string of the molecule is CC1(CNS(=O)(=O)c2ccc(S(C)(=O)=O)cc2)CCCNC1.Cl. The van der Waals surface area contributed by atoms with Crippen LogP contribution in [-0.2, 0) is 19.9 Å². The van der Waals surface area contributed by atoms with Gasteiger partial charge in [-0.1, -0.05) is 6.92 Å². The molecule has 1 fully saturated rings. The molecule has 9 heteroatoms. The molecule has 0 aromatic heterocycles. The van der Waals surface area contributed by atoms with Gasteiger partial charge in [-0.3, -0.25) is 0 Å². The Morgan fingerprint density at radius 2 is 1.70 bits per heavy atom. The molecule has 23 heavy (non-hydrogen) atoms. The summed E-state index contributed by atoms with van der Waals surface area (Å²) in [5.74, 6) is 0. The van der Waals surface area contributed by atoms with Crippen LogP contribution in [0.25, 0.3) is 0 Å².